The van der Waals surface area contributed by atoms with Gasteiger partial charge in [-0.15, -0.1) is 11.3 Å². The minimum absolute atomic E-state index is 0.238. The molecule has 1 aliphatic carbocycles. The van der Waals surface area contributed by atoms with E-state index in [1.807, 2.05) is 0 Å². The fraction of sp³-hybridized carbons (Fsp3) is 0.500. The van der Waals surface area contributed by atoms with Gasteiger partial charge in [0.05, 0.1) is 6.61 Å². The second kappa shape index (κ2) is 3.10. The highest BCUT2D eigenvalue weighted by atomic mass is 79.9. The maximum Gasteiger partial charge on any atom is 0.0784 e. The third kappa shape index (κ3) is 1.33. The number of halogens is 1. The predicted molar refractivity (Wildman–Crippen MR) is 53.1 cm³/mol. The van der Waals surface area contributed by atoms with Gasteiger partial charge in [0, 0.05) is 14.8 Å². The van der Waals surface area contributed by atoms with Gasteiger partial charge in [0.2, 0.25) is 0 Å². The van der Waals surface area contributed by atoms with E-state index in [1.165, 1.54) is 22.2 Å². The van der Waals surface area contributed by atoms with Crippen LogP contribution in [-0.2, 0) is 10.3 Å². The van der Waals surface area contributed by atoms with Gasteiger partial charge in [-0.1, -0.05) is 0 Å². The Bertz CT molecular complexity index is 282. The van der Waals surface area contributed by atoms with Crippen molar-refractivity contribution in [1.82, 2.24) is 0 Å². The maximum atomic E-state index is 5.10. The number of hydrogen-bond acceptors (Lipinski definition) is 3. The van der Waals surface area contributed by atoms with E-state index in [9.17, 15) is 0 Å². The van der Waals surface area contributed by atoms with Gasteiger partial charge in [0.15, 0.2) is 0 Å². The summed E-state index contributed by atoms with van der Waals surface area (Å²) in [6, 6.07) is 2.08. The molecule has 4 heteroatoms. The van der Waals surface area contributed by atoms with Crippen LogP contribution in [0.3, 0.4) is 0 Å². The van der Waals surface area contributed by atoms with E-state index < -0.39 is 0 Å². The van der Waals surface area contributed by atoms with E-state index in [-0.39, 0.29) is 5.41 Å². The van der Waals surface area contributed by atoms with Crippen LogP contribution in [0.15, 0.2) is 15.9 Å². The molecule has 0 radical (unpaired) electrons. The fourth-order valence-corrected chi connectivity index (χ4v) is 3.46. The van der Waals surface area contributed by atoms with E-state index in [0.717, 1.165) is 0 Å². The van der Waals surface area contributed by atoms with Crippen molar-refractivity contribution in [2.75, 3.05) is 6.61 Å². The average molecular weight is 248 g/mol. The molecule has 1 fully saturated rings. The van der Waals surface area contributed by atoms with Crippen LogP contribution >= 0.6 is 27.3 Å². The van der Waals surface area contributed by atoms with Crippen molar-refractivity contribution < 1.29 is 4.84 Å². The molecule has 0 aromatic carbocycles. The molecule has 2 nitrogen and oxygen atoms in total. The lowest BCUT2D eigenvalue weighted by Crippen LogP contribution is -2.17. The van der Waals surface area contributed by atoms with Crippen LogP contribution in [-0.4, -0.2) is 6.61 Å². The molecule has 0 aliphatic heterocycles. The van der Waals surface area contributed by atoms with E-state index in [2.05, 4.69) is 27.4 Å². The Hall–Kier alpha value is 0.100. The van der Waals surface area contributed by atoms with Crippen LogP contribution < -0.4 is 5.90 Å². The van der Waals surface area contributed by atoms with Crippen molar-refractivity contribution in [3.63, 3.8) is 0 Å². The second-order valence-corrected chi connectivity index (χ2v) is 4.96. The quantitative estimate of drug-likeness (QED) is 0.834. The third-order valence-electron chi connectivity index (χ3n) is 2.31. The summed E-state index contributed by atoms with van der Waals surface area (Å²) in [5.74, 6) is 5.10. The molecule has 1 heterocycles. The average Bonchev–Trinajstić information content (AvgIpc) is 2.68. The SMILES string of the molecule is NOCC1(c2sccc2Br)CC1. The van der Waals surface area contributed by atoms with Gasteiger partial charge in [0.1, 0.15) is 0 Å². The van der Waals surface area contributed by atoms with Crippen molar-refractivity contribution >= 4 is 27.3 Å². The smallest absolute Gasteiger partial charge is 0.0784 e. The Morgan fingerprint density at radius 3 is 2.83 bits per heavy atom. The van der Waals surface area contributed by atoms with E-state index in [0.29, 0.717) is 6.61 Å². The zero-order chi connectivity index (χ0) is 8.60. The van der Waals surface area contributed by atoms with Gasteiger partial charge >= 0.3 is 0 Å². The number of rotatable bonds is 3. The molecule has 0 atom stereocenters. The van der Waals surface area contributed by atoms with Crippen molar-refractivity contribution in [1.29, 1.82) is 0 Å². The monoisotopic (exact) mass is 247 g/mol. The molecule has 2 rings (SSSR count). The summed E-state index contributed by atoms with van der Waals surface area (Å²) in [5.41, 5.74) is 0.238. The maximum absolute atomic E-state index is 5.10. The number of thiophene rings is 1. The van der Waals surface area contributed by atoms with Gasteiger partial charge in [-0.25, -0.2) is 5.90 Å². The lowest BCUT2D eigenvalue weighted by atomic mass is 10.1. The molecular formula is C8H10BrNOS. The summed E-state index contributed by atoms with van der Waals surface area (Å²) in [7, 11) is 0. The molecule has 66 valence electrons. The second-order valence-electron chi connectivity index (χ2n) is 3.19. The number of nitrogens with two attached hydrogens (primary N) is 1. The van der Waals surface area contributed by atoms with Crippen molar-refractivity contribution in [3.8, 4) is 0 Å². The van der Waals surface area contributed by atoms with Gasteiger partial charge in [-0.05, 0) is 40.2 Å². The summed E-state index contributed by atoms with van der Waals surface area (Å²) < 4.78 is 1.20. The Balaban J connectivity index is 2.24. The van der Waals surface area contributed by atoms with Crippen LogP contribution in [0.5, 0.6) is 0 Å². The first-order valence-electron chi connectivity index (χ1n) is 3.84. The molecule has 2 N–H and O–H groups in total. The summed E-state index contributed by atoms with van der Waals surface area (Å²) in [5, 5.41) is 2.09. The Morgan fingerprint density at radius 2 is 2.42 bits per heavy atom. The molecule has 1 saturated carbocycles. The zero-order valence-corrected chi connectivity index (χ0v) is 8.95. The summed E-state index contributed by atoms with van der Waals surface area (Å²) in [4.78, 5) is 6.12. The lowest BCUT2D eigenvalue weighted by Gasteiger charge is -2.11. The van der Waals surface area contributed by atoms with Gasteiger partial charge < -0.3 is 4.84 Å². The summed E-state index contributed by atoms with van der Waals surface area (Å²) in [6.45, 7) is 0.645. The predicted octanol–water partition coefficient (Wildman–Crippen LogP) is 2.43. The molecular weight excluding hydrogens is 238 g/mol. The zero-order valence-electron chi connectivity index (χ0n) is 6.55. The first kappa shape index (κ1) is 8.69. The van der Waals surface area contributed by atoms with Crippen LogP contribution in [0, 0.1) is 0 Å². The van der Waals surface area contributed by atoms with Gasteiger partial charge in [-0.2, -0.15) is 0 Å². The molecule has 0 amide bonds. The van der Waals surface area contributed by atoms with Crippen molar-refractivity contribution in [3.05, 3.63) is 20.8 Å². The normalized spacial score (nSPS) is 19.5. The largest absolute Gasteiger partial charge is 0.304 e. The Morgan fingerprint density at radius 1 is 1.67 bits per heavy atom. The summed E-state index contributed by atoms with van der Waals surface area (Å²) in [6.07, 6.45) is 2.40. The van der Waals surface area contributed by atoms with Crippen LogP contribution in [0.2, 0.25) is 0 Å². The molecule has 0 spiro atoms. The first-order chi connectivity index (χ1) is 5.78. The molecule has 1 aliphatic rings. The van der Waals surface area contributed by atoms with Gasteiger partial charge in [0.25, 0.3) is 0 Å². The summed E-state index contributed by atoms with van der Waals surface area (Å²) >= 11 is 5.30. The van der Waals surface area contributed by atoms with Gasteiger partial charge in [-0.3, -0.25) is 0 Å². The Kier molecular flexibility index (Phi) is 2.25. The van der Waals surface area contributed by atoms with E-state index >= 15 is 0 Å². The molecule has 0 saturated heterocycles. The van der Waals surface area contributed by atoms with Crippen LogP contribution in [0.4, 0.5) is 0 Å². The van der Waals surface area contributed by atoms with E-state index in [4.69, 9.17) is 10.7 Å². The van der Waals surface area contributed by atoms with E-state index in [1.54, 1.807) is 11.3 Å². The highest BCUT2D eigenvalue weighted by Gasteiger charge is 2.46. The minimum Gasteiger partial charge on any atom is -0.304 e. The highest BCUT2D eigenvalue weighted by molar-refractivity contribution is 9.10. The third-order valence-corrected chi connectivity index (χ3v) is 4.40. The Labute approximate surface area is 83.8 Å². The number of hydrogen-bond donors (Lipinski definition) is 1. The lowest BCUT2D eigenvalue weighted by molar-refractivity contribution is 0.117. The molecule has 12 heavy (non-hydrogen) atoms. The highest BCUT2D eigenvalue weighted by Crippen LogP contribution is 2.52. The minimum atomic E-state index is 0.238. The van der Waals surface area contributed by atoms with Crippen molar-refractivity contribution in [2.24, 2.45) is 5.90 Å². The standard InChI is InChI=1S/C8H10BrNOS/c9-6-1-4-12-7(6)8(2-3-8)5-11-10/h1,4H,2-3,5,10H2. The first-order valence-corrected chi connectivity index (χ1v) is 5.51. The molecule has 0 bridgehead atoms. The van der Waals surface area contributed by atoms with Crippen LogP contribution in [0.1, 0.15) is 17.7 Å². The topological polar surface area (TPSA) is 35.2 Å². The molecule has 1 aromatic rings. The molecule has 1 aromatic heterocycles. The molecule has 0 unspecified atom stereocenters. The van der Waals surface area contributed by atoms with Crippen molar-refractivity contribution in [2.45, 2.75) is 18.3 Å². The van der Waals surface area contributed by atoms with Crippen LogP contribution in [0.25, 0.3) is 0 Å². The fourth-order valence-electron chi connectivity index (χ4n) is 1.42.